The molecule has 0 bridgehead atoms. The number of nitrogens with one attached hydrogen (secondary N) is 1. The molecule has 1 aromatic carbocycles. The summed E-state index contributed by atoms with van der Waals surface area (Å²) in [6, 6.07) is 3.87. The molecule has 1 aromatic heterocycles. The molecule has 0 unspecified atom stereocenters. The van der Waals surface area contributed by atoms with Crippen molar-refractivity contribution >= 4 is 34.4 Å². The molecule has 1 amide bonds. The molecule has 2 rings (SSSR count). The Morgan fingerprint density at radius 2 is 1.61 bits per heavy atom. The summed E-state index contributed by atoms with van der Waals surface area (Å²) in [5.41, 5.74) is 3.39. The highest BCUT2D eigenvalue weighted by Gasteiger charge is 2.30. The van der Waals surface area contributed by atoms with E-state index in [1.165, 1.54) is 27.7 Å². The average molecular weight is 595 g/mol. The van der Waals surface area contributed by atoms with Gasteiger partial charge in [-0.1, -0.05) is 33.6 Å². The molecule has 0 spiro atoms. The van der Waals surface area contributed by atoms with Crippen molar-refractivity contribution in [3.63, 3.8) is 0 Å². The number of ketones is 1. The molecule has 9 nitrogen and oxygen atoms in total. The van der Waals surface area contributed by atoms with Crippen LogP contribution in [0.4, 0.5) is 0 Å². The van der Waals surface area contributed by atoms with E-state index < -0.39 is 0 Å². The number of likely N-dealkylation sites (N-methyl/N-ethyl adjacent to an activating group) is 2. The van der Waals surface area contributed by atoms with Gasteiger partial charge in [-0.25, -0.2) is 5.90 Å². The van der Waals surface area contributed by atoms with Crippen LogP contribution in [0, 0.1) is 5.41 Å². The van der Waals surface area contributed by atoms with Crippen LogP contribution >= 0.6 is 0 Å². The van der Waals surface area contributed by atoms with E-state index in [2.05, 4.69) is 56.3 Å². The number of phenols is 1. The first-order valence-electron chi connectivity index (χ1n) is 14.5. The summed E-state index contributed by atoms with van der Waals surface area (Å²) < 4.78 is 0.114. The Bertz CT molecular complexity index is 1120. The van der Waals surface area contributed by atoms with Crippen LogP contribution in [0.1, 0.15) is 91.2 Å². The Kier molecular flexibility index (Phi) is 14.9. The Hall–Kier alpha value is -2.11. The Morgan fingerprint density at radius 1 is 0.976 bits per heavy atom. The van der Waals surface area contributed by atoms with Gasteiger partial charge in [-0.15, -0.1) is 0 Å². The minimum Gasteiger partial charge on any atom is -0.870 e. The number of fused-ring (bicyclic) bond motifs is 1. The van der Waals surface area contributed by atoms with Crippen molar-refractivity contribution in [3.8, 4) is 5.75 Å². The number of aromatic amines is 1. The van der Waals surface area contributed by atoms with Gasteiger partial charge in [0, 0.05) is 67.8 Å². The predicted molar refractivity (Wildman–Crippen MR) is 169 cm³/mol. The highest BCUT2D eigenvalue weighted by Crippen LogP contribution is 2.37. The van der Waals surface area contributed by atoms with Gasteiger partial charge in [0.1, 0.15) is 17.1 Å². The summed E-state index contributed by atoms with van der Waals surface area (Å²) in [7, 11) is 3.88. The zero-order valence-corrected chi connectivity index (χ0v) is 27.4. The number of H-pyrrole nitrogens is 1. The number of amides is 1. The number of unbranched alkanes of at least 4 members (excludes halogenated alkanes) is 3. The Morgan fingerprint density at radius 3 is 2.20 bits per heavy atom. The number of aromatic hydroxyl groups is 1. The van der Waals surface area contributed by atoms with Gasteiger partial charge in [0.2, 0.25) is 10.9 Å². The number of benzene rings is 1. The zero-order valence-electron chi connectivity index (χ0n) is 26.5. The third-order valence-electron chi connectivity index (χ3n) is 6.81. The van der Waals surface area contributed by atoms with Crippen molar-refractivity contribution in [1.29, 1.82) is 0 Å². The van der Waals surface area contributed by atoms with Gasteiger partial charge in [-0.05, 0) is 64.6 Å². The SMILES string of the molecule is CN(CCN(C)C(=O)CCCCCCC(=O)CON)Cc1c(O)ccc2c(CC(C)(C)C)c([SH+]C(C)(C)C)[nH]c12.[OH-]. The summed E-state index contributed by atoms with van der Waals surface area (Å²) in [6.07, 6.45) is 5.39. The fourth-order valence-corrected chi connectivity index (χ4v) is 5.93. The lowest BCUT2D eigenvalue weighted by atomic mass is 9.88. The first-order valence-corrected chi connectivity index (χ1v) is 15.3. The highest BCUT2D eigenvalue weighted by atomic mass is 32.2. The van der Waals surface area contributed by atoms with E-state index >= 15 is 0 Å². The number of nitrogens with zero attached hydrogens (tertiary/aromatic N) is 2. The standard InChI is InChI=1S/C31H52N4O4S.H2O/c1-30(2,3)19-24-23-15-16-26(37)25(28(23)33-29(24)40-31(4,5)6)20-34(7)17-18-35(8)27(38)14-12-10-9-11-13-22(36)21-39-32;/h15-16,33,37H,9-14,17-21,32H2,1-8H3;1H2. The summed E-state index contributed by atoms with van der Waals surface area (Å²) in [6.45, 7) is 15.4. The van der Waals surface area contributed by atoms with Gasteiger partial charge < -0.3 is 25.4 Å². The van der Waals surface area contributed by atoms with Crippen LogP contribution in [-0.4, -0.2) is 75.6 Å². The molecule has 0 aliphatic carbocycles. The summed E-state index contributed by atoms with van der Waals surface area (Å²) >= 11 is 1.24. The molecule has 0 saturated heterocycles. The molecular weight excluding hydrogens is 540 g/mol. The lowest BCUT2D eigenvalue weighted by molar-refractivity contribution is -0.130. The number of hydrogen-bond acceptors (Lipinski definition) is 7. The number of carbonyl (C=O) groups excluding carboxylic acids is 2. The Balaban J connectivity index is 0.00000840. The third-order valence-corrected chi connectivity index (χ3v) is 8.08. The van der Waals surface area contributed by atoms with Crippen molar-refractivity contribution in [2.24, 2.45) is 11.3 Å². The van der Waals surface area contributed by atoms with Crippen molar-refractivity contribution in [2.45, 2.75) is 103 Å². The van der Waals surface area contributed by atoms with Crippen molar-refractivity contribution in [1.82, 2.24) is 14.8 Å². The number of aromatic nitrogens is 1. The summed E-state index contributed by atoms with van der Waals surface area (Å²) in [4.78, 5) is 36.0. The smallest absolute Gasteiger partial charge is 0.227 e. The molecule has 0 saturated carbocycles. The van der Waals surface area contributed by atoms with Crippen LogP contribution in [0.3, 0.4) is 0 Å². The van der Waals surface area contributed by atoms with Gasteiger partial charge >= 0.3 is 0 Å². The normalized spacial score (nSPS) is 12.1. The lowest BCUT2D eigenvalue weighted by Crippen LogP contribution is -2.34. The first-order chi connectivity index (χ1) is 18.6. The highest BCUT2D eigenvalue weighted by molar-refractivity contribution is 7.80. The quantitative estimate of drug-likeness (QED) is 0.108. The van der Waals surface area contributed by atoms with Crippen molar-refractivity contribution in [2.75, 3.05) is 33.8 Å². The summed E-state index contributed by atoms with van der Waals surface area (Å²) in [5.74, 6) is 5.36. The van der Waals surface area contributed by atoms with Gasteiger partial charge in [0.25, 0.3) is 0 Å². The largest absolute Gasteiger partial charge is 0.870 e. The van der Waals surface area contributed by atoms with E-state index in [0.717, 1.165) is 43.2 Å². The van der Waals surface area contributed by atoms with Crippen molar-refractivity contribution < 1.29 is 25.0 Å². The van der Waals surface area contributed by atoms with E-state index in [0.29, 0.717) is 38.2 Å². The van der Waals surface area contributed by atoms with Crippen LogP contribution in [0.2, 0.25) is 0 Å². The van der Waals surface area contributed by atoms with E-state index in [9.17, 15) is 14.7 Å². The molecule has 2 aromatic rings. The lowest BCUT2D eigenvalue weighted by Gasteiger charge is -2.23. The fraction of sp³-hybridized carbons (Fsp3) is 0.677. The molecular formula is C31H54N4O5S. The molecule has 234 valence electrons. The number of phenolic OH excluding ortho intramolecular Hbond substituents is 1. The third kappa shape index (κ3) is 12.7. The minimum absolute atomic E-state index is 0. The maximum atomic E-state index is 12.6. The molecule has 5 N–H and O–H groups in total. The van der Waals surface area contributed by atoms with Crippen LogP contribution in [0.15, 0.2) is 17.2 Å². The van der Waals surface area contributed by atoms with Crippen LogP contribution in [0.25, 0.3) is 10.9 Å². The molecule has 1 heterocycles. The molecule has 0 radical (unpaired) electrons. The van der Waals surface area contributed by atoms with E-state index in [4.69, 9.17) is 5.90 Å². The van der Waals surface area contributed by atoms with Gasteiger partial charge in [-0.3, -0.25) is 14.4 Å². The minimum atomic E-state index is -0.0341. The number of nitrogens with two attached hydrogens (primary N) is 1. The maximum Gasteiger partial charge on any atom is 0.227 e. The van der Waals surface area contributed by atoms with E-state index in [1.807, 2.05) is 26.2 Å². The van der Waals surface area contributed by atoms with Crippen molar-refractivity contribution in [3.05, 3.63) is 23.3 Å². The fourth-order valence-electron chi connectivity index (χ4n) is 4.75. The molecule has 0 aliphatic rings. The van der Waals surface area contributed by atoms with E-state index in [1.54, 1.807) is 4.90 Å². The molecule has 41 heavy (non-hydrogen) atoms. The molecule has 0 aliphatic heterocycles. The maximum absolute atomic E-state index is 12.6. The van der Waals surface area contributed by atoms with Crippen LogP contribution in [-0.2, 0) is 39.2 Å². The topological polar surface area (TPSA) is 142 Å². The van der Waals surface area contributed by atoms with Gasteiger partial charge in [0.05, 0.1) is 5.52 Å². The molecule has 0 fully saturated rings. The number of Topliss-reactive ketones (excluding diaryl/α,β-unsaturated/α-hetero) is 1. The van der Waals surface area contributed by atoms with E-state index in [-0.39, 0.29) is 33.9 Å². The summed E-state index contributed by atoms with van der Waals surface area (Å²) in [5, 5.41) is 13.3. The number of hydrogen-bond donors (Lipinski definition) is 3. The second-order valence-corrected chi connectivity index (χ2v) is 15.3. The number of rotatable bonds is 16. The van der Waals surface area contributed by atoms with Gasteiger partial charge in [0.15, 0.2) is 5.78 Å². The average Bonchev–Trinajstić information content (AvgIpc) is 3.15. The number of thiol groups is 1. The number of carbonyl (C=O) groups is 2. The van der Waals surface area contributed by atoms with Crippen LogP contribution in [0.5, 0.6) is 5.75 Å². The van der Waals surface area contributed by atoms with Crippen LogP contribution < -0.4 is 5.90 Å². The Labute approximate surface area is 250 Å². The van der Waals surface area contributed by atoms with Gasteiger partial charge in [-0.2, -0.15) is 0 Å². The zero-order chi connectivity index (χ0) is 30.1. The second-order valence-electron chi connectivity index (χ2n) is 13.3. The second kappa shape index (κ2) is 16.5. The molecule has 10 heteroatoms. The molecule has 0 atom stereocenters. The monoisotopic (exact) mass is 594 g/mol. The predicted octanol–water partition coefficient (Wildman–Crippen LogP) is 4.95. The first kappa shape index (κ1) is 36.9.